The van der Waals surface area contributed by atoms with Crippen molar-refractivity contribution in [3.8, 4) is 0 Å². The Kier molecular flexibility index (Phi) is 5.96. The van der Waals surface area contributed by atoms with Gasteiger partial charge in [0.15, 0.2) is 0 Å². The predicted molar refractivity (Wildman–Crippen MR) is 91.4 cm³/mol. The fourth-order valence-electron chi connectivity index (χ4n) is 2.57. The van der Waals surface area contributed by atoms with Gasteiger partial charge in [0, 0.05) is 18.8 Å². The zero-order valence-corrected chi connectivity index (χ0v) is 13.3. The first kappa shape index (κ1) is 16.8. The maximum Gasteiger partial charge on any atom is 0.309 e. The number of hydrogen-bond acceptors (Lipinski definition) is 5. The highest BCUT2D eigenvalue weighted by Crippen LogP contribution is 2.24. The monoisotopic (exact) mass is 317 g/mol. The number of ether oxygens (including phenoxy) is 1. The lowest BCUT2D eigenvalue weighted by Crippen LogP contribution is -2.36. The predicted octanol–water partition coefficient (Wildman–Crippen LogP) is 1.07. The second kappa shape index (κ2) is 8.17. The molecule has 1 fully saturated rings. The largest absolute Gasteiger partial charge is 0.466 e. The molecular weight excluding hydrogens is 294 g/mol. The molecule has 0 aromatic heterocycles. The number of benzene rings is 1. The van der Waals surface area contributed by atoms with Gasteiger partial charge in [0.1, 0.15) is 0 Å². The van der Waals surface area contributed by atoms with Crippen molar-refractivity contribution in [1.29, 1.82) is 0 Å². The number of carbonyl (C=O) groups excluding carboxylic acids is 1. The standard InChI is InChI=1S/C16H23N5O2/c1-2-23-15(22)13-7-9-21(10-8-13)14-5-3-12(4-6-14)11-19-20-16(17)18/h3-6,11,13H,2,7-10H2,1H3,(H4,17,18,20). The summed E-state index contributed by atoms with van der Waals surface area (Å²) in [6, 6.07) is 7.97. The topological polar surface area (TPSA) is 106 Å². The molecule has 0 aliphatic carbocycles. The zero-order valence-electron chi connectivity index (χ0n) is 13.3. The van der Waals surface area contributed by atoms with Gasteiger partial charge in [-0.3, -0.25) is 4.79 Å². The first-order valence-corrected chi connectivity index (χ1v) is 7.73. The molecule has 0 atom stereocenters. The fourth-order valence-corrected chi connectivity index (χ4v) is 2.57. The fraction of sp³-hybridized carbons (Fsp3) is 0.438. The van der Waals surface area contributed by atoms with E-state index in [2.05, 4.69) is 15.1 Å². The molecule has 0 bridgehead atoms. The van der Waals surface area contributed by atoms with Crippen LogP contribution in [0.25, 0.3) is 0 Å². The van der Waals surface area contributed by atoms with E-state index in [0.29, 0.717) is 6.61 Å². The Balaban J connectivity index is 1.90. The summed E-state index contributed by atoms with van der Waals surface area (Å²) >= 11 is 0. The van der Waals surface area contributed by atoms with Crippen LogP contribution in [0.1, 0.15) is 25.3 Å². The van der Waals surface area contributed by atoms with Crippen molar-refractivity contribution in [3.05, 3.63) is 29.8 Å². The smallest absolute Gasteiger partial charge is 0.309 e. The molecule has 0 amide bonds. The van der Waals surface area contributed by atoms with E-state index in [-0.39, 0.29) is 17.8 Å². The van der Waals surface area contributed by atoms with Crippen LogP contribution >= 0.6 is 0 Å². The van der Waals surface area contributed by atoms with Gasteiger partial charge >= 0.3 is 5.97 Å². The van der Waals surface area contributed by atoms with Crippen molar-refractivity contribution in [2.45, 2.75) is 19.8 Å². The van der Waals surface area contributed by atoms with Crippen LogP contribution in [0, 0.1) is 5.92 Å². The summed E-state index contributed by atoms with van der Waals surface area (Å²) in [5.41, 5.74) is 12.5. The number of hydrogen-bond donors (Lipinski definition) is 2. The van der Waals surface area contributed by atoms with Gasteiger partial charge in [0.2, 0.25) is 5.96 Å². The lowest BCUT2D eigenvalue weighted by Gasteiger charge is -2.32. The van der Waals surface area contributed by atoms with Gasteiger partial charge in [-0.25, -0.2) is 0 Å². The number of esters is 1. The van der Waals surface area contributed by atoms with E-state index < -0.39 is 0 Å². The Morgan fingerprint density at radius 2 is 1.96 bits per heavy atom. The Morgan fingerprint density at radius 1 is 1.30 bits per heavy atom. The molecule has 4 N–H and O–H groups in total. The summed E-state index contributed by atoms with van der Waals surface area (Å²) in [5.74, 6) is -0.113. The van der Waals surface area contributed by atoms with Gasteiger partial charge in [-0.05, 0) is 37.5 Å². The van der Waals surface area contributed by atoms with Crippen molar-refractivity contribution in [1.82, 2.24) is 0 Å². The van der Waals surface area contributed by atoms with E-state index in [1.54, 1.807) is 6.21 Å². The first-order chi connectivity index (χ1) is 11.1. The number of anilines is 1. The second-order valence-corrected chi connectivity index (χ2v) is 5.37. The van der Waals surface area contributed by atoms with Crippen molar-refractivity contribution in [2.75, 3.05) is 24.6 Å². The van der Waals surface area contributed by atoms with Crippen LogP contribution in [0.3, 0.4) is 0 Å². The van der Waals surface area contributed by atoms with Crippen LogP contribution in [-0.4, -0.2) is 37.8 Å². The normalized spacial score (nSPS) is 15.6. The quantitative estimate of drug-likeness (QED) is 0.366. The molecule has 1 aliphatic rings. The summed E-state index contributed by atoms with van der Waals surface area (Å²) < 4.78 is 5.09. The molecule has 0 saturated carbocycles. The number of carbonyl (C=O) groups is 1. The van der Waals surface area contributed by atoms with Crippen LogP contribution < -0.4 is 16.4 Å². The molecule has 7 nitrogen and oxygen atoms in total. The molecule has 0 unspecified atom stereocenters. The minimum absolute atomic E-state index is 0.0252. The molecular formula is C16H23N5O2. The minimum atomic E-state index is -0.0709. The average Bonchev–Trinajstić information content (AvgIpc) is 2.55. The SMILES string of the molecule is CCOC(=O)C1CCN(c2ccc(C=NN=C(N)N)cc2)CC1. The van der Waals surface area contributed by atoms with Gasteiger partial charge in [-0.1, -0.05) is 12.1 Å². The molecule has 1 aromatic carbocycles. The van der Waals surface area contributed by atoms with Gasteiger partial charge in [0.25, 0.3) is 0 Å². The molecule has 2 rings (SSSR count). The third-order valence-corrected chi connectivity index (χ3v) is 3.75. The van der Waals surface area contributed by atoms with E-state index in [4.69, 9.17) is 16.2 Å². The molecule has 1 saturated heterocycles. The van der Waals surface area contributed by atoms with Crippen molar-refractivity contribution in [2.24, 2.45) is 27.6 Å². The van der Waals surface area contributed by atoms with Crippen molar-refractivity contribution < 1.29 is 9.53 Å². The van der Waals surface area contributed by atoms with Gasteiger partial charge in [0.05, 0.1) is 18.7 Å². The Labute approximate surface area is 136 Å². The van der Waals surface area contributed by atoms with Gasteiger partial charge < -0.3 is 21.1 Å². The number of nitrogens with zero attached hydrogens (tertiary/aromatic N) is 3. The average molecular weight is 317 g/mol. The van der Waals surface area contributed by atoms with Crippen LogP contribution in [0.5, 0.6) is 0 Å². The Bertz CT molecular complexity index is 571. The highest BCUT2D eigenvalue weighted by molar-refractivity contribution is 5.82. The molecule has 1 heterocycles. The van der Waals surface area contributed by atoms with Gasteiger partial charge in [-0.15, -0.1) is 5.10 Å². The van der Waals surface area contributed by atoms with Crippen molar-refractivity contribution >= 4 is 23.8 Å². The molecule has 0 spiro atoms. The van der Waals surface area contributed by atoms with Gasteiger partial charge in [-0.2, -0.15) is 5.10 Å². The summed E-state index contributed by atoms with van der Waals surface area (Å²) in [4.78, 5) is 14.0. The van der Waals surface area contributed by atoms with E-state index >= 15 is 0 Å². The van der Waals surface area contributed by atoms with E-state index in [1.165, 1.54) is 0 Å². The Hall–Kier alpha value is -2.57. The first-order valence-electron chi connectivity index (χ1n) is 7.73. The molecule has 23 heavy (non-hydrogen) atoms. The maximum atomic E-state index is 11.8. The summed E-state index contributed by atoms with van der Waals surface area (Å²) in [6.07, 6.45) is 3.25. The lowest BCUT2D eigenvalue weighted by atomic mass is 9.96. The van der Waals surface area contributed by atoms with E-state index in [1.807, 2.05) is 31.2 Å². The zero-order chi connectivity index (χ0) is 16.7. The number of rotatable bonds is 5. The number of nitrogens with two attached hydrogens (primary N) is 2. The third kappa shape index (κ3) is 4.98. The summed E-state index contributed by atoms with van der Waals surface area (Å²) in [7, 11) is 0. The highest BCUT2D eigenvalue weighted by atomic mass is 16.5. The third-order valence-electron chi connectivity index (χ3n) is 3.75. The van der Waals surface area contributed by atoms with E-state index in [0.717, 1.165) is 37.2 Å². The van der Waals surface area contributed by atoms with Crippen LogP contribution in [0.15, 0.2) is 34.5 Å². The van der Waals surface area contributed by atoms with Crippen LogP contribution in [-0.2, 0) is 9.53 Å². The second-order valence-electron chi connectivity index (χ2n) is 5.37. The maximum absolute atomic E-state index is 11.8. The lowest BCUT2D eigenvalue weighted by molar-refractivity contribution is -0.148. The molecule has 1 aliphatic heterocycles. The number of guanidine groups is 1. The Morgan fingerprint density at radius 3 is 2.52 bits per heavy atom. The van der Waals surface area contributed by atoms with Crippen molar-refractivity contribution in [3.63, 3.8) is 0 Å². The molecule has 1 aromatic rings. The number of piperidine rings is 1. The van der Waals surface area contributed by atoms with Crippen LogP contribution in [0.4, 0.5) is 5.69 Å². The minimum Gasteiger partial charge on any atom is -0.466 e. The molecule has 0 radical (unpaired) electrons. The molecule has 124 valence electrons. The van der Waals surface area contributed by atoms with E-state index in [9.17, 15) is 4.79 Å². The van der Waals surface area contributed by atoms with Crippen LogP contribution in [0.2, 0.25) is 0 Å². The highest BCUT2D eigenvalue weighted by Gasteiger charge is 2.25. The molecule has 7 heteroatoms. The summed E-state index contributed by atoms with van der Waals surface area (Å²) in [5, 5.41) is 7.34. The summed E-state index contributed by atoms with van der Waals surface area (Å²) in [6.45, 7) is 3.99.